The van der Waals surface area contributed by atoms with Gasteiger partial charge in [-0.25, -0.2) is 4.79 Å². The van der Waals surface area contributed by atoms with E-state index in [9.17, 15) is 4.79 Å². The van der Waals surface area contributed by atoms with Crippen molar-refractivity contribution in [2.75, 3.05) is 11.9 Å². The standard InChI is InChI=1S/C21H27NO2/c1-2-3-4-5-6-10-17-22-19-15-13-18(14-16-19)21(23)24-20-11-8-7-9-12-20/h7-9,11-16,22H,2-6,10,17H2,1H3. The first kappa shape index (κ1) is 18.1. The van der Waals surface area contributed by atoms with E-state index in [1.807, 2.05) is 30.3 Å². The van der Waals surface area contributed by atoms with Crippen LogP contribution in [-0.4, -0.2) is 12.5 Å². The summed E-state index contributed by atoms with van der Waals surface area (Å²) in [5, 5.41) is 3.40. The molecule has 0 radical (unpaired) electrons. The summed E-state index contributed by atoms with van der Waals surface area (Å²) in [6.45, 7) is 3.21. The SMILES string of the molecule is CCCCCCCCNc1ccc(C(=O)Oc2ccccc2)cc1. The van der Waals surface area contributed by atoms with Gasteiger partial charge < -0.3 is 10.1 Å². The molecule has 0 saturated carbocycles. The molecule has 0 amide bonds. The molecule has 3 heteroatoms. The molecule has 0 fully saturated rings. The van der Waals surface area contributed by atoms with Gasteiger partial charge in [0.15, 0.2) is 0 Å². The number of para-hydroxylation sites is 1. The number of rotatable bonds is 10. The lowest BCUT2D eigenvalue weighted by Crippen LogP contribution is -2.08. The maximum Gasteiger partial charge on any atom is 0.343 e. The van der Waals surface area contributed by atoms with Crippen molar-refractivity contribution in [3.05, 3.63) is 60.2 Å². The van der Waals surface area contributed by atoms with Crippen molar-refractivity contribution in [3.8, 4) is 5.75 Å². The highest BCUT2D eigenvalue weighted by atomic mass is 16.5. The Labute approximate surface area is 145 Å². The lowest BCUT2D eigenvalue weighted by Gasteiger charge is -2.08. The van der Waals surface area contributed by atoms with E-state index in [4.69, 9.17) is 4.74 Å². The van der Waals surface area contributed by atoms with Gasteiger partial charge >= 0.3 is 5.97 Å². The van der Waals surface area contributed by atoms with Gasteiger partial charge in [0.25, 0.3) is 0 Å². The van der Waals surface area contributed by atoms with Crippen LogP contribution in [0.25, 0.3) is 0 Å². The molecule has 24 heavy (non-hydrogen) atoms. The summed E-state index contributed by atoms with van der Waals surface area (Å²) in [6, 6.07) is 16.6. The molecule has 0 atom stereocenters. The van der Waals surface area contributed by atoms with Crippen molar-refractivity contribution in [1.82, 2.24) is 0 Å². The molecule has 0 aliphatic carbocycles. The van der Waals surface area contributed by atoms with Crippen LogP contribution in [0.1, 0.15) is 55.8 Å². The van der Waals surface area contributed by atoms with Gasteiger partial charge in [0.1, 0.15) is 5.75 Å². The van der Waals surface area contributed by atoms with Gasteiger partial charge in [-0.3, -0.25) is 0 Å². The van der Waals surface area contributed by atoms with Crippen LogP contribution in [0.4, 0.5) is 5.69 Å². The third-order valence-electron chi connectivity index (χ3n) is 3.93. The molecule has 2 aromatic carbocycles. The Morgan fingerprint density at radius 2 is 1.54 bits per heavy atom. The van der Waals surface area contributed by atoms with E-state index in [1.165, 1.54) is 38.5 Å². The normalized spacial score (nSPS) is 10.4. The first-order valence-corrected chi connectivity index (χ1v) is 8.91. The van der Waals surface area contributed by atoms with E-state index in [0.717, 1.165) is 12.2 Å². The van der Waals surface area contributed by atoms with E-state index in [1.54, 1.807) is 24.3 Å². The number of carbonyl (C=O) groups is 1. The molecule has 0 bridgehead atoms. The highest BCUT2D eigenvalue weighted by molar-refractivity contribution is 5.91. The van der Waals surface area contributed by atoms with E-state index < -0.39 is 0 Å². The van der Waals surface area contributed by atoms with Crippen molar-refractivity contribution in [3.63, 3.8) is 0 Å². The minimum atomic E-state index is -0.330. The van der Waals surface area contributed by atoms with E-state index in [-0.39, 0.29) is 5.97 Å². The second kappa shape index (κ2) is 10.5. The van der Waals surface area contributed by atoms with Gasteiger partial charge in [0.2, 0.25) is 0 Å². The minimum Gasteiger partial charge on any atom is -0.423 e. The van der Waals surface area contributed by atoms with Crippen LogP contribution < -0.4 is 10.1 Å². The molecular formula is C21H27NO2. The molecule has 2 rings (SSSR count). The Morgan fingerprint density at radius 1 is 0.875 bits per heavy atom. The lowest BCUT2D eigenvalue weighted by atomic mass is 10.1. The van der Waals surface area contributed by atoms with Crippen molar-refractivity contribution in [2.45, 2.75) is 45.4 Å². The summed E-state index contributed by atoms with van der Waals surface area (Å²) in [5.41, 5.74) is 1.60. The molecular weight excluding hydrogens is 298 g/mol. The Balaban J connectivity index is 1.71. The molecule has 0 unspecified atom stereocenters. The summed E-state index contributed by atoms with van der Waals surface area (Å²) in [6.07, 6.45) is 7.75. The lowest BCUT2D eigenvalue weighted by molar-refractivity contribution is 0.0735. The summed E-state index contributed by atoms with van der Waals surface area (Å²) >= 11 is 0. The molecule has 128 valence electrons. The van der Waals surface area contributed by atoms with Crippen molar-refractivity contribution < 1.29 is 9.53 Å². The molecule has 0 spiro atoms. The number of esters is 1. The zero-order valence-electron chi connectivity index (χ0n) is 14.5. The van der Waals surface area contributed by atoms with Crippen LogP contribution in [0.5, 0.6) is 5.75 Å². The number of carbonyl (C=O) groups excluding carboxylic acids is 1. The van der Waals surface area contributed by atoms with Gasteiger partial charge in [-0.05, 0) is 42.8 Å². The molecule has 1 N–H and O–H groups in total. The summed E-state index contributed by atoms with van der Waals surface area (Å²) < 4.78 is 5.33. The van der Waals surface area contributed by atoms with Gasteiger partial charge in [0, 0.05) is 12.2 Å². The predicted molar refractivity (Wildman–Crippen MR) is 99.7 cm³/mol. The largest absolute Gasteiger partial charge is 0.423 e. The van der Waals surface area contributed by atoms with E-state index in [0.29, 0.717) is 11.3 Å². The first-order valence-electron chi connectivity index (χ1n) is 8.91. The maximum atomic E-state index is 12.1. The molecule has 0 aromatic heterocycles. The minimum absolute atomic E-state index is 0.330. The second-order valence-corrected chi connectivity index (χ2v) is 5.97. The van der Waals surface area contributed by atoms with Crippen LogP contribution in [0.15, 0.2) is 54.6 Å². The first-order chi connectivity index (χ1) is 11.8. The fourth-order valence-corrected chi connectivity index (χ4v) is 2.52. The molecule has 0 heterocycles. The molecule has 2 aromatic rings. The Bertz CT molecular complexity index is 593. The van der Waals surface area contributed by atoms with E-state index >= 15 is 0 Å². The average Bonchev–Trinajstić information content (AvgIpc) is 2.62. The van der Waals surface area contributed by atoms with Crippen molar-refractivity contribution in [2.24, 2.45) is 0 Å². The van der Waals surface area contributed by atoms with Crippen LogP contribution >= 0.6 is 0 Å². The Kier molecular flexibility index (Phi) is 7.88. The topological polar surface area (TPSA) is 38.3 Å². The average molecular weight is 325 g/mol. The number of hydrogen-bond donors (Lipinski definition) is 1. The van der Waals surface area contributed by atoms with E-state index in [2.05, 4.69) is 12.2 Å². The highest BCUT2D eigenvalue weighted by Gasteiger charge is 2.07. The Morgan fingerprint density at radius 3 is 2.25 bits per heavy atom. The number of nitrogens with one attached hydrogen (secondary N) is 1. The van der Waals surface area contributed by atoms with Gasteiger partial charge in [-0.15, -0.1) is 0 Å². The number of ether oxygens (including phenoxy) is 1. The molecule has 3 nitrogen and oxygen atoms in total. The van der Waals surface area contributed by atoms with Crippen LogP contribution in [0, 0.1) is 0 Å². The quantitative estimate of drug-likeness (QED) is 0.347. The zero-order valence-corrected chi connectivity index (χ0v) is 14.5. The highest BCUT2D eigenvalue weighted by Crippen LogP contribution is 2.14. The fourth-order valence-electron chi connectivity index (χ4n) is 2.52. The second-order valence-electron chi connectivity index (χ2n) is 5.97. The Hall–Kier alpha value is -2.29. The summed E-state index contributed by atoms with van der Waals surface area (Å²) in [5.74, 6) is 0.233. The monoisotopic (exact) mass is 325 g/mol. The number of hydrogen-bond acceptors (Lipinski definition) is 3. The maximum absolute atomic E-state index is 12.1. The smallest absolute Gasteiger partial charge is 0.343 e. The molecule has 0 aliphatic heterocycles. The zero-order chi connectivity index (χ0) is 17.0. The summed E-state index contributed by atoms with van der Waals surface area (Å²) in [7, 11) is 0. The third kappa shape index (κ3) is 6.45. The van der Waals surface area contributed by atoms with Crippen molar-refractivity contribution in [1.29, 1.82) is 0 Å². The third-order valence-corrected chi connectivity index (χ3v) is 3.93. The fraction of sp³-hybridized carbons (Fsp3) is 0.381. The van der Waals surface area contributed by atoms with Crippen LogP contribution in [0.3, 0.4) is 0 Å². The predicted octanol–water partition coefficient (Wildman–Crippen LogP) is 5.68. The van der Waals surface area contributed by atoms with Gasteiger partial charge in [0.05, 0.1) is 5.56 Å². The number of benzene rings is 2. The molecule has 0 aliphatic rings. The van der Waals surface area contributed by atoms with Gasteiger partial charge in [-0.2, -0.15) is 0 Å². The number of anilines is 1. The van der Waals surface area contributed by atoms with Crippen LogP contribution in [-0.2, 0) is 0 Å². The van der Waals surface area contributed by atoms with Crippen molar-refractivity contribution >= 4 is 11.7 Å². The number of unbranched alkanes of at least 4 members (excludes halogenated alkanes) is 5. The molecule has 0 saturated heterocycles. The van der Waals surface area contributed by atoms with Gasteiger partial charge in [-0.1, -0.05) is 57.2 Å². The van der Waals surface area contributed by atoms with Crippen LogP contribution in [0.2, 0.25) is 0 Å². The summed E-state index contributed by atoms with van der Waals surface area (Å²) in [4.78, 5) is 12.1.